The van der Waals surface area contributed by atoms with Gasteiger partial charge in [-0.2, -0.15) is 0 Å². The smallest absolute Gasteiger partial charge is 0.408 e. The molecule has 3 unspecified atom stereocenters. The van der Waals surface area contributed by atoms with Crippen LogP contribution in [0.25, 0.3) is 27.6 Å². The summed E-state index contributed by atoms with van der Waals surface area (Å²) in [6.07, 6.45) is 6.41. The Balaban J connectivity index is 0.000000503. The van der Waals surface area contributed by atoms with Gasteiger partial charge in [-0.3, -0.25) is 9.59 Å². The van der Waals surface area contributed by atoms with Gasteiger partial charge in [0.15, 0.2) is 5.78 Å². The monoisotopic (exact) mass is 600 g/mol. The first-order chi connectivity index (χ1) is 21.0. The third-order valence-corrected chi connectivity index (χ3v) is 9.15. The van der Waals surface area contributed by atoms with Crippen molar-refractivity contribution in [2.45, 2.75) is 89.9 Å². The fourth-order valence-electron chi connectivity index (χ4n) is 6.92. The van der Waals surface area contributed by atoms with Gasteiger partial charge in [0.25, 0.3) is 0 Å². The van der Waals surface area contributed by atoms with Gasteiger partial charge in [0.1, 0.15) is 17.5 Å². The van der Waals surface area contributed by atoms with Crippen molar-refractivity contribution in [1.29, 1.82) is 0 Å². The number of likely N-dealkylation sites (tertiary alicyclic amines) is 1. The number of rotatable bonds is 5. The summed E-state index contributed by atoms with van der Waals surface area (Å²) in [5, 5.41) is 7.22. The molecule has 232 valence electrons. The van der Waals surface area contributed by atoms with E-state index in [2.05, 4.69) is 39.9 Å². The standard InChI is InChI=1S/C29H37FN4O4.C6H4/c1-16(35)24-13-23-26(21(15-32-23)20-14-31-22-12-18(30)10-11-19(20)22)34(24)27(36)25(17-8-6-5-7-9-17)33-28(37)38-29(2,3)4;1-2-6-4-3-5(1)6/h10-12,14,17,23-25,31-32H,5-9,13,15H2,1-4H3,(H,33,37);1-4H. The molecule has 1 aromatic carbocycles. The molecule has 44 heavy (non-hydrogen) atoms. The third-order valence-electron chi connectivity index (χ3n) is 9.15. The first-order valence-corrected chi connectivity index (χ1v) is 15.7. The molecule has 0 bridgehead atoms. The number of aromatic amines is 1. The van der Waals surface area contributed by atoms with Crippen LogP contribution in [0.1, 0.15) is 71.8 Å². The number of carbonyl (C=O) groups excluding carboxylic acids is 3. The molecule has 2 aromatic rings. The Hall–Kier alpha value is -3.98. The van der Waals surface area contributed by atoms with Gasteiger partial charge >= 0.3 is 6.09 Å². The molecule has 5 aliphatic rings. The SMILES string of the molecule is CC(=O)C1CC2NCC(c3c[nH]c4cc(F)ccc34)=C2N1C(=O)C(NC(=O)OC(C)(C)C)C1CCCCC1.c1cc2ccc1-2. The first kappa shape index (κ1) is 30.1. The van der Waals surface area contributed by atoms with E-state index in [1.54, 1.807) is 31.7 Å². The van der Waals surface area contributed by atoms with Crippen molar-refractivity contribution in [3.63, 3.8) is 0 Å². The van der Waals surface area contributed by atoms with Gasteiger partial charge in [-0.15, -0.1) is 0 Å². The van der Waals surface area contributed by atoms with Crippen LogP contribution in [0, 0.1) is 11.7 Å². The number of hydrogen-bond donors (Lipinski definition) is 3. The molecule has 7 rings (SSSR count). The minimum Gasteiger partial charge on any atom is -0.444 e. The molecule has 3 atom stereocenters. The lowest BCUT2D eigenvalue weighted by Crippen LogP contribution is -2.55. The molecular weight excluding hydrogens is 559 g/mol. The number of ketones is 1. The van der Waals surface area contributed by atoms with E-state index in [4.69, 9.17) is 4.74 Å². The Morgan fingerprint density at radius 3 is 2.30 bits per heavy atom. The molecule has 3 heterocycles. The van der Waals surface area contributed by atoms with E-state index in [0.29, 0.717) is 18.5 Å². The zero-order chi connectivity index (χ0) is 31.2. The van der Waals surface area contributed by atoms with E-state index in [-0.39, 0.29) is 29.5 Å². The predicted octanol–water partition coefficient (Wildman–Crippen LogP) is 6.32. The molecule has 2 fully saturated rings. The minimum absolute atomic E-state index is 0.0371. The molecule has 9 heteroatoms. The van der Waals surface area contributed by atoms with Crippen molar-refractivity contribution in [3.05, 3.63) is 65.7 Å². The maximum absolute atomic E-state index is 14.4. The van der Waals surface area contributed by atoms with Gasteiger partial charge in [-0.25, -0.2) is 9.18 Å². The number of ether oxygens (including phenoxy) is 1. The van der Waals surface area contributed by atoms with Gasteiger partial charge in [0.2, 0.25) is 5.91 Å². The number of hydrogen-bond acceptors (Lipinski definition) is 5. The van der Waals surface area contributed by atoms with Crippen LogP contribution in [0.4, 0.5) is 9.18 Å². The highest BCUT2D eigenvalue weighted by Gasteiger charge is 2.49. The van der Waals surface area contributed by atoms with E-state index >= 15 is 0 Å². The summed E-state index contributed by atoms with van der Waals surface area (Å²) in [5.41, 5.74) is 5.37. The zero-order valence-electron chi connectivity index (χ0n) is 25.8. The van der Waals surface area contributed by atoms with Crippen molar-refractivity contribution < 1.29 is 23.5 Å². The zero-order valence-corrected chi connectivity index (χ0v) is 25.8. The molecule has 0 radical (unpaired) electrons. The van der Waals surface area contributed by atoms with E-state index < -0.39 is 23.8 Å². The van der Waals surface area contributed by atoms with E-state index in [9.17, 15) is 18.8 Å². The Bertz CT molecular complexity index is 1590. The highest BCUT2D eigenvalue weighted by atomic mass is 19.1. The minimum atomic E-state index is -0.794. The summed E-state index contributed by atoms with van der Waals surface area (Å²) in [6.45, 7) is 7.39. The highest BCUT2D eigenvalue weighted by molar-refractivity contribution is 5.99. The molecule has 3 aliphatic carbocycles. The van der Waals surface area contributed by atoms with Crippen molar-refractivity contribution in [2.75, 3.05) is 6.54 Å². The van der Waals surface area contributed by atoms with Crippen LogP contribution < -0.4 is 10.6 Å². The van der Waals surface area contributed by atoms with Gasteiger partial charge in [0.05, 0.1) is 12.1 Å². The number of Topliss-reactive ketones (excluding diaryl/α,β-unsaturated/α-hetero) is 1. The molecular formula is C35H41FN4O4. The largest absolute Gasteiger partial charge is 0.444 e. The number of halogens is 1. The maximum atomic E-state index is 14.4. The topological polar surface area (TPSA) is 104 Å². The lowest BCUT2D eigenvalue weighted by molar-refractivity contribution is -0.138. The molecule has 3 N–H and O–H groups in total. The van der Waals surface area contributed by atoms with Crippen LogP contribution in [0.5, 0.6) is 0 Å². The van der Waals surface area contributed by atoms with E-state index in [1.165, 1.54) is 30.2 Å². The lowest BCUT2D eigenvalue weighted by Gasteiger charge is -2.35. The Morgan fingerprint density at radius 1 is 1.02 bits per heavy atom. The van der Waals surface area contributed by atoms with Crippen molar-refractivity contribution in [3.8, 4) is 11.1 Å². The molecule has 1 aromatic heterocycles. The predicted molar refractivity (Wildman–Crippen MR) is 168 cm³/mol. The van der Waals surface area contributed by atoms with Crippen molar-refractivity contribution in [2.24, 2.45) is 5.92 Å². The third kappa shape index (κ3) is 5.89. The van der Waals surface area contributed by atoms with Crippen LogP contribution in [0.15, 0.2) is 54.4 Å². The lowest BCUT2D eigenvalue weighted by atomic mass is 9.83. The second-order valence-corrected chi connectivity index (χ2v) is 13.4. The Kier molecular flexibility index (Phi) is 8.09. The normalized spacial score (nSPS) is 21.4. The van der Waals surface area contributed by atoms with Crippen molar-refractivity contribution >= 4 is 34.3 Å². The average Bonchev–Trinajstić information content (AvgIpc) is 3.66. The van der Waals surface area contributed by atoms with Gasteiger partial charge in [0, 0.05) is 34.9 Å². The van der Waals surface area contributed by atoms with Gasteiger partial charge in [-0.1, -0.05) is 43.5 Å². The van der Waals surface area contributed by atoms with E-state index in [0.717, 1.165) is 54.3 Å². The fraction of sp³-hybridized carbons (Fsp3) is 0.457. The second-order valence-electron chi connectivity index (χ2n) is 13.4. The van der Waals surface area contributed by atoms with Crippen LogP contribution in [-0.2, 0) is 14.3 Å². The van der Waals surface area contributed by atoms with Crippen LogP contribution in [-0.4, -0.2) is 57.9 Å². The first-order valence-electron chi connectivity index (χ1n) is 15.7. The molecule has 1 saturated heterocycles. The second kappa shape index (κ2) is 11.8. The Labute approximate surface area is 257 Å². The quantitative estimate of drug-likeness (QED) is 0.249. The van der Waals surface area contributed by atoms with Crippen LogP contribution in [0.3, 0.4) is 0 Å². The van der Waals surface area contributed by atoms with Gasteiger partial charge in [-0.05, 0) is 87.8 Å². The number of fused-ring (bicyclic) bond motifs is 3. The van der Waals surface area contributed by atoms with Crippen LogP contribution >= 0.6 is 0 Å². The Morgan fingerprint density at radius 2 is 1.70 bits per heavy atom. The summed E-state index contributed by atoms with van der Waals surface area (Å²) < 4.78 is 19.4. The molecule has 0 spiro atoms. The molecule has 2 amide bonds. The summed E-state index contributed by atoms with van der Waals surface area (Å²) >= 11 is 0. The van der Waals surface area contributed by atoms with Crippen molar-refractivity contribution in [1.82, 2.24) is 20.5 Å². The molecule has 1 saturated carbocycles. The number of amides is 2. The van der Waals surface area contributed by atoms with Crippen LogP contribution in [0.2, 0.25) is 0 Å². The summed E-state index contributed by atoms with van der Waals surface area (Å²) in [7, 11) is 0. The van der Waals surface area contributed by atoms with E-state index in [1.807, 2.05) is 6.20 Å². The number of nitrogens with one attached hydrogen (secondary N) is 3. The fourth-order valence-corrected chi connectivity index (χ4v) is 6.92. The number of nitrogens with zero attached hydrogens (tertiary/aromatic N) is 1. The molecule has 2 aliphatic heterocycles. The van der Waals surface area contributed by atoms with Gasteiger partial charge < -0.3 is 25.3 Å². The number of H-pyrrole nitrogens is 1. The summed E-state index contributed by atoms with van der Waals surface area (Å²) in [6, 6.07) is 11.5. The number of benzene rings is 2. The highest BCUT2D eigenvalue weighted by Crippen LogP contribution is 2.41. The number of aromatic nitrogens is 1. The number of carbonyl (C=O) groups is 3. The maximum Gasteiger partial charge on any atom is 0.408 e. The molecule has 8 nitrogen and oxygen atoms in total. The summed E-state index contributed by atoms with van der Waals surface area (Å²) in [5.74, 6) is -0.733. The summed E-state index contributed by atoms with van der Waals surface area (Å²) in [4.78, 5) is 44.9. The average molecular weight is 601 g/mol. The number of alkyl carbamates (subject to hydrolysis) is 1.